The van der Waals surface area contributed by atoms with Gasteiger partial charge in [0, 0.05) is 55.7 Å². The second-order valence-corrected chi connectivity index (χ2v) is 6.83. The van der Waals surface area contributed by atoms with Crippen LogP contribution in [0.25, 0.3) is 0 Å². The standard InChI is InChI=1S/C18H21N7/c1-12-9-16(23-17(22-12)14-3-4-14)25-8-7-24(11-13(25)2)18-15(10-19)20-5-6-21-18/h5-6,9,13-14H,3-4,7-8,11H2,1-2H3/t13-/m1/s1. The van der Waals surface area contributed by atoms with Gasteiger partial charge in [0.2, 0.25) is 0 Å². The lowest BCUT2D eigenvalue weighted by Crippen LogP contribution is -2.53. The summed E-state index contributed by atoms with van der Waals surface area (Å²) in [5.74, 6) is 3.23. The summed E-state index contributed by atoms with van der Waals surface area (Å²) < 4.78 is 0. The first-order valence-corrected chi connectivity index (χ1v) is 8.74. The summed E-state index contributed by atoms with van der Waals surface area (Å²) in [5.41, 5.74) is 1.42. The second-order valence-electron chi connectivity index (χ2n) is 6.83. The maximum absolute atomic E-state index is 9.26. The zero-order valence-electron chi connectivity index (χ0n) is 14.6. The number of nitrogens with zero attached hydrogens (tertiary/aromatic N) is 7. The van der Waals surface area contributed by atoms with Gasteiger partial charge in [-0.05, 0) is 26.7 Å². The molecule has 4 rings (SSSR count). The monoisotopic (exact) mass is 335 g/mol. The van der Waals surface area contributed by atoms with E-state index in [1.165, 1.54) is 12.8 Å². The van der Waals surface area contributed by atoms with Crippen LogP contribution in [0.2, 0.25) is 0 Å². The number of aryl methyl sites for hydroxylation is 1. The van der Waals surface area contributed by atoms with Crippen molar-refractivity contribution in [2.45, 2.75) is 38.6 Å². The molecule has 1 aliphatic carbocycles. The molecular weight excluding hydrogens is 314 g/mol. The Balaban J connectivity index is 1.55. The Bertz CT molecular complexity index is 824. The lowest BCUT2D eigenvalue weighted by Gasteiger charge is -2.41. The minimum atomic E-state index is 0.267. The Hall–Kier alpha value is -2.75. The molecule has 0 bridgehead atoms. The first kappa shape index (κ1) is 15.8. The summed E-state index contributed by atoms with van der Waals surface area (Å²) in [4.78, 5) is 22.4. The molecule has 2 aliphatic rings. The molecular formula is C18H21N7. The minimum absolute atomic E-state index is 0.267. The molecule has 25 heavy (non-hydrogen) atoms. The van der Waals surface area contributed by atoms with E-state index in [0.29, 0.717) is 17.4 Å². The molecule has 1 saturated carbocycles. The highest BCUT2D eigenvalue weighted by molar-refractivity contribution is 5.52. The van der Waals surface area contributed by atoms with Crippen LogP contribution in [-0.2, 0) is 0 Å². The van der Waals surface area contributed by atoms with E-state index in [4.69, 9.17) is 4.98 Å². The Kier molecular flexibility index (Phi) is 3.96. The predicted molar refractivity (Wildman–Crippen MR) is 94.5 cm³/mol. The molecule has 2 aromatic heterocycles. The maximum Gasteiger partial charge on any atom is 0.183 e. The SMILES string of the molecule is Cc1cc(N2CCN(c3nccnc3C#N)C[C@H]2C)nc(C2CC2)n1. The molecule has 2 aromatic rings. The molecule has 128 valence electrons. The van der Waals surface area contributed by atoms with Gasteiger partial charge in [0.15, 0.2) is 11.5 Å². The zero-order valence-corrected chi connectivity index (χ0v) is 14.6. The van der Waals surface area contributed by atoms with Gasteiger partial charge >= 0.3 is 0 Å². The van der Waals surface area contributed by atoms with Gasteiger partial charge in [0.05, 0.1) is 0 Å². The van der Waals surface area contributed by atoms with Crippen LogP contribution in [0.5, 0.6) is 0 Å². The third-order valence-electron chi connectivity index (χ3n) is 4.81. The van der Waals surface area contributed by atoms with Gasteiger partial charge < -0.3 is 9.80 Å². The van der Waals surface area contributed by atoms with E-state index in [1.54, 1.807) is 12.4 Å². The van der Waals surface area contributed by atoms with Crippen LogP contribution in [0.15, 0.2) is 18.5 Å². The highest BCUT2D eigenvalue weighted by atomic mass is 15.3. The van der Waals surface area contributed by atoms with Crippen LogP contribution >= 0.6 is 0 Å². The lowest BCUT2D eigenvalue weighted by molar-refractivity contribution is 0.540. The van der Waals surface area contributed by atoms with Crippen molar-refractivity contribution in [2.24, 2.45) is 0 Å². The Morgan fingerprint density at radius 3 is 2.68 bits per heavy atom. The van der Waals surface area contributed by atoms with E-state index in [9.17, 15) is 5.26 Å². The predicted octanol–water partition coefficient (Wildman–Crippen LogP) is 2.04. The summed E-state index contributed by atoms with van der Waals surface area (Å²) in [7, 11) is 0. The summed E-state index contributed by atoms with van der Waals surface area (Å²) in [6, 6.07) is 4.47. The molecule has 1 aliphatic heterocycles. The highest BCUT2D eigenvalue weighted by Gasteiger charge is 2.30. The molecule has 0 amide bonds. The third-order valence-corrected chi connectivity index (χ3v) is 4.81. The van der Waals surface area contributed by atoms with Gasteiger partial charge in [-0.15, -0.1) is 0 Å². The molecule has 0 radical (unpaired) electrons. The van der Waals surface area contributed by atoms with Gasteiger partial charge in [-0.2, -0.15) is 5.26 Å². The molecule has 0 N–H and O–H groups in total. The van der Waals surface area contributed by atoms with Crippen molar-refractivity contribution >= 4 is 11.6 Å². The van der Waals surface area contributed by atoms with Crippen LogP contribution in [0.3, 0.4) is 0 Å². The molecule has 3 heterocycles. The average molecular weight is 335 g/mol. The Morgan fingerprint density at radius 1 is 1.16 bits per heavy atom. The summed E-state index contributed by atoms with van der Waals surface area (Å²) in [6.45, 7) is 6.64. The van der Waals surface area contributed by atoms with Gasteiger partial charge in [-0.25, -0.2) is 19.9 Å². The van der Waals surface area contributed by atoms with Crippen molar-refractivity contribution in [1.82, 2.24) is 19.9 Å². The van der Waals surface area contributed by atoms with E-state index in [2.05, 4.69) is 43.8 Å². The van der Waals surface area contributed by atoms with Crippen molar-refractivity contribution in [1.29, 1.82) is 5.26 Å². The number of nitriles is 1. The number of hydrogen-bond donors (Lipinski definition) is 0. The number of hydrogen-bond acceptors (Lipinski definition) is 7. The van der Waals surface area contributed by atoms with E-state index < -0.39 is 0 Å². The Labute approximate surface area is 147 Å². The molecule has 7 heteroatoms. The van der Waals surface area contributed by atoms with Crippen molar-refractivity contribution in [2.75, 3.05) is 29.4 Å². The van der Waals surface area contributed by atoms with Crippen molar-refractivity contribution in [3.05, 3.63) is 35.7 Å². The van der Waals surface area contributed by atoms with Crippen molar-refractivity contribution in [3.8, 4) is 6.07 Å². The highest BCUT2D eigenvalue weighted by Crippen LogP contribution is 2.38. The molecule has 2 fully saturated rings. The largest absolute Gasteiger partial charge is 0.350 e. The van der Waals surface area contributed by atoms with Crippen LogP contribution in [-0.4, -0.2) is 45.6 Å². The summed E-state index contributed by atoms with van der Waals surface area (Å²) in [6.07, 6.45) is 5.61. The fourth-order valence-corrected chi connectivity index (χ4v) is 3.38. The number of rotatable bonds is 3. The first-order valence-electron chi connectivity index (χ1n) is 8.74. The van der Waals surface area contributed by atoms with Gasteiger partial charge in [0.25, 0.3) is 0 Å². The average Bonchev–Trinajstić information content (AvgIpc) is 3.46. The fourth-order valence-electron chi connectivity index (χ4n) is 3.38. The van der Waals surface area contributed by atoms with Gasteiger partial charge in [-0.3, -0.25) is 0 Å². The van der Waals surface area contributed by atoms with Crippen LogP contribution in [0.1, 0.15) is 42.9 Å². The lowest BCUT2D eigenvalue weighted by atomic mass is 10.1. The number of piperazine rings is 1. The van der Waals surface area contributed by atoms with Crippen LogP contribution < -0.4 is 9.80 Å². The first-order chi connectivity index (χ1) is 12.2. The van der Waals surface area contributed by atoms with E-state index in [1.807, 2.05) is 6.92 Å². The Morgan fingerprint density at radius 2 is 1.96 bits per heavy atom. The normalized spacial score (nSPS) is 20.4. The smallest absolute Gasteiger partial charge is 0.183 e. The van der Waals surface area contributed by atoms with Crippen LogP contribution in [0.4, 0.5) is 11.6 Å². The van der Waals surface area contributed by atoms with Crippen LogP contribution in [0, 0.1) is 18.3 Å². The summed E-state index contributed by atoms with van der Waals surface area (Å²) in [5, 5.41) is 9.26. The fraction of sp³-hybridized carbons (Fsp3) is 0.500. The molecule has 1 saturated heterocycles. The summed E-state index contributed by atoms with van der Waals surface area (Å²) >= 11 is 0. The minimum Gasteiger partial charge on any atom is -0.350 e. The van der Waals surface area contributed by atoms with E-state index in [0.717, 1.165) is 37.0 Å². The molecule has 1 atom stereocenters. The van der Waals surface area contributed by atoms with Gasteiger partial charge in [-0.1, -0.05) is 0 Å². The topological polar surface area (TPSA) is 81.8 Å². The van der Waals surface area contributed by atoms with Crippen molar-refractivity contribution < 1.29 is 0 Å². The molecule has 0 unspecified atom stereocenters. The number of anilines is 2. The van der Waals surface area contributed by atoms with Crippen molar-refractivity contribution in [3.63, 3.8) is 0 Å². The number of aromatic nitrogens is 4. The second kappa shape index (κ2) is 6.28. The molecule has 0 aromatic carbocycles. The zero-order chi connectivity index (χ0) is 17.4. The van der Waals surface area contributed by atoms with E-state index >= 15 is 0 Å². The third kappa shape index (κ3) is 3.12. The quantitative estimate of drug-likeness (QED) is 0.849. The van der Waals surface area contributed by atoms with E-state index in [-0.39, 0.29) is 6.04 Å². The molecule has 7 nitrogen and oxygen atoms in total. The van der Waals surface area contributed by atoms with Gasteiger partial charge in [0.1, 0.15) is 17.7 Å². The molecule has 0 spiro atoms. The maximum atomic E-state index is 9.26.